The van der Waals surface area contributed by atoms with Gasteiger partial charge in [0.25, 0.3) is 0 Å². The first-order valence-electron chi connectivity index (χ1n) is 19.6. The van der Waals surface area contributed by atoms with Crippen LogP contribution in [-0.2, 0) is 30.3 Å². The average Bonchev–Trinajstić information content (AvgIpc) is 3.62. The van der Waals surface area contributed by atoms with E-state index in [0.717, 1.165) is 18.4 Å². The number of carbonyl (C=O) groups excluding carboxylic acids is 4. The van der Waals surface area contributed by atoms with Gasteiger partial charge >= 0.3 is 6.03 Å². The summed E-state index contributed by atoms with van der Waals surface area (Å²) >= 11 is 0. The van der Waals surface area contributed by atoms with E-state index in [1.807, 2.05) is 69.9 Å². The van der Waals surface area contributed by atoms with Crippen LogP contribution >= 0.6 is 0 Å². The zero-order valence-electron chi connectivity index (χ0n) is 33.8. The second-order valence-electron chi connectivity index (χ2n) is 15.6. The van der Waals surface area contributed by atoms with Crippen LogP contribution in [0.1, 0.15) is 79.7 Å². The molecule has 3 rings (SSSR count). The van der Waals surface area contributed by atoms with E-state index in [0.29, 0.717) is 32.5 Å². The van der Waals surface area contributed by atoms with Crippen molar-refractivity contribution in [3.8, 4) is 0 Å². The van der Waals surface area contributed by atoms with Crippen molar-refractivity contribution in [1.29, 1.82) is 0 Å². The quantitative estimate of drug-likeness (QED) is 0.179. The van der Waals surface area contributed by atoms with Gasteiger partial charge in [-0.2, -0.15) is 0 Å². The number of nitrogens with zero attached hydrogens (tertiary/aromatic N) is 3. The molecule has 10 atom stereocenters. The topological polar surface area (TPSA) is 153 Å². The van der Waals surface area contributed by atoms with Crippen LogP contribution in [0.5, 0.6) is 0 Å². The smallest absolute Gasteiger partial charge is 0.318 e. The molecule has 13 nitrogen and oxygen atoms in total. The number of likely N-dealkylation sites (N-methyl/N-ethyl adjacent to an activating group) is 1. The lowest BCUT2D eigenvalue weighted by molar-refractivity contribution is -0.147. The number of aliphatic hydroxyl groups excluding tert-OH is 1. The Bertz CT molecular complexity index is 1310. The summed E-state index contributed by atoms with van der Waals surface area (Å²) in [6, 6.07) is 7.40. The second kappa shape index (κ2) is 21.0. The number of amides is 5. The number of piperazine rings is 1. The molecule has 13 heteroatoms. The molecule has 2 aliphatic heterocycles. The van der Waals surface area contributed by atoms with Crippen LogP contribution in [0.3, 0.4) is 0 Å². The van der Waals surface area contributed by atoms with Crippen LogP contribution in [0, 0.1) is 17.8 Å². The maximum atomic E-state index is 14.3. The number of urea groups is 1. The highest BCUT2D eigenvalue weighted by atomic mass is 16.5. The summed E-state index contributed by atoms with van der Waals surface area (Å²) in [7, 11) is 4.87. The van der Waals surface area contributed by atoms with E-state index in [-0.39, 0.29) is 66.7 Å². The average molecular weight is 745 g/mol. The predicted octanol–water partition coefficient (Wildman–Crippen LogP) is 3.04. The van der Waals surface area contributed by atoms with E-state index >= 15 is 0 Å². The summed E-state index contributed by atoms with van der Waals surface area (Å²) in [5.41, 5.74) is 1.01. The van der Waals surface area contributed by atoms with Gasteiger partial charge < -0.3 is 45.2 Å². The van der Waals surface area contributed by atoms with Gasteiger partial charge in [-0.1, -0.05) is 71.4 Å². The molecule has 0 saturated carbocycles. The third kappa shape index (κ3) is 11.4. The molecule has 2 fully saturated rings. The van der Waals surface area contributed by atoms with E-state index in [1.165, 1.54) is 0 Å². The normalized spacial score (nSPS) is 23.1. The van der Waals surface area contributed by atoms with Gasteiger partial charge in [0.15, 0.2) is 0 Å². The Morgan fingerprint density at radius 1 is 1.00 bits per heavy atom. The molecule has 0 spiro atoms. The number of hydrogen-bond acceptors (Lipinski definition) is 8. The third-order valence-corrected chi connectivity index (χ3v) is 11.4. The largest absolute Gasteiger partial charge is 0.394 e. The zero-order valence-corrected chi connectivity index (χ0v) is 33.8. The molecule has 0 bridgehead atoms. The maximum absolute atomic E-state index is 14.3. The number of ether oxygens (including phenoxy) is 2. The number of nitrogens with one attached hydrogen (secondary N) is 3. The molecule has 300 valence electrons. The molecule has 2 heterocycles. The van der Waals surface area contributed by atoms with E-state index in [2.05, 4.69) is 22.9 Å². The first kappa shape index (κ1) is 44.1. The van der Waals surface area contributed by atoms with Crippen molar-refractivity contribution in [3.05, 3.63) is 35.9 Å². The fourth-order valence-corrected chi connectivity index (χ4v) is 8.17. The van der Waals surface area contributed by atoms with Crippen LogP contribution in [0.2, 0.25) is 0 Å². The Hall–Kier alpha value is -3.26. The molecule has 0 unspecified atom stereocenters. The van der Waals surface area contributed by atoms with Crippen molar-refractivity contribution >= 4 is 23.8 Å². The highest BCUT2D eigenvalue weighted by Gasteiger charge is 2.43. The minimum atomic E-state index is -0.766. The number of benzene rings is 1. The molecule has 2 saturated heterocycles. The first-order valence-corrected chi connectivity index (χ1v) is 19.6. The fraction of sp³-hybridized carbons (Fsp3) is 0.750. The van der Waals surface area contributed by atoms with Crippen molar-refractivity contribution in [2.75, 3.05) is 47.5 Å². The zero-order chi connectivity index (χ0) is 39.4. The SMILES string of the molecule is CC[C@H](C)[C@@H]([C@H](CC(=O)N1CCC[C@H]1[C@H](OC)[C@@H](C)C(=O)N[C@H](CO)Cc1ccccc1)OC)N(C)C(=O)[C@@H](NC(=O)N1[C@H](C)CNC[C@@H]1C)C(C)C. The van der Waals surface area contributed by atoms with Gasteiger partial charge in [-0.05, 0) is 50.5 Å². The van der Waals surface area contributed by atoms with E-state index < -0.39 is 36.3 Å². The molecule has 5 amide bonds. The van der Waals surface area contributed by atoms with Crippen molar-refractivity contribution in [3.63, 3.8) is 0 Å². The lowest BCUT2D eigenvalue weighted by Gasteiger charge is -2.42. The van der Waals surface area contributed by atoms with Crippen molar-refractivity contribution < 1.29 is 33.8 Å². The van der Waals surface area contributed by atoms with Gasteiger partial charge in [0.2, 0.25) is 17.7 Å². The minimum Gasteiger partial charge on any atom is -0.394 e. The van der Waals surface area contributed by atoms with Gasteiger partial charge in [0.05, 0.1) is 49.3 Å². The third-order valence-electron chi connectivity index (χ3n) is 11.4. The molecular weight excluding hydrogens is 676 g/mol. The Morgan fingerprint density at radius 3 is 2.19 bits per heavy atom. The van der Waals surface area contributed by atoms with Gasteiger partial charge in [0, 0.05) is 53.0 Å². The molecule has 0 aliphatic carbocycles. The predicted molar refractivity (Wildman–Crippen MR) is 206 cm³/mol. The van der Waals surface area contributed by atoms with Gasteiger partial charge in [-0.15, -0.1) is 0 Å². The summed E-state index contributed by atoms with van der Waals surface area (Å²) in [4.78, 5) is 60.8. The van der Waals surface area contributed by atoms with Crippen molar-refractivity contribution in [1.82, 2.24) is 30.7 Å². The lowest BCUT2D eigenvalue weighted by atomic mass is 9.89. The molecule has 4 N–H and O–H groups in total. The molecule has 2 aliphatic rings. The highest BCUT2D eigenvalue weighted by Crippen LogP contribution is 2.30. The fourth-order valence-electron chi connectivity index (χ4n) is 8.17. The van der Waals surface area contributed by atoms with Gasteiger partial charge in [0.1, 0.15) is 6.04 Å². The van der Waals surface area contributed by atoms with Crippen molar-refractivity contribution in [2.24, 2.45) is 17.8 Å². The number of likely N-dealkylation sites (tertiary alicyclic amines) is 1. The number of carbonyl (C=O) groups is 4. The monoisotopic (exact) mass is 745 g/mol. The van der Waals surface area contributed by atoms with E-state index in [9.17, 15) is 24.3 Å². The first-order chi connectivity index (χ1) is 25.2. The lowest BCUT2D eigenvalue weighted by Crippen LogP contribution is -2.63. The Morgan fingerprint density at radius 2 is 1.64 bits per heavy atom. The maximum Gasteiger partial charge on any atom is 0.318 e. The van der Waals surface area contributed by atoms with Crippen molar-refractivity contribution in [2.45, 2.75) is 129 Å². The summed E-state index contributed by atoms with van der Waals surface area (Å²) in [6.45, 7) is 15.4. The summed E-state index contributed by atoms with van der Waals surface area (Å²) in [5, 5.41) is 19.4. The number of rotatable bonds is 18. The van der Waals surface area contributed by atoms with E-state index in [4.69, 9.17) is 9.47 Å². The standard InChI is InChI=1S/C40H68N6O7/c1-11-26(4)36(44(8)39(50)35(25(2)3)43-40(51)46-27(5)22-41-23-28(46)6)33(52-9)21-34(48)45-19-15-18-32(45)37(53-10)29(7)38(49)42-31(24-47)20-30-16-13-12-14-17-30/h12-14,16-17,25-29,31-33,35-37,41,47H,11,15,18-24H2,1-10H3,(H,42,49)(H,43,51)/t26-,27-,28+,29+,31-,32-,33-,35-,36-,37+/m0/s1. The number of methoxy groups -OCH3 is 2. The van der Waals surface area contributed by atoms with E-state index in [1.54, 1.807) is 38.0 Å². The van der Waals surface area contributed by atoms with Crippen LogP contribution in [-0.4, -0.2) is 140 Å². The highest BCUT2D eigenvalue weighted by molar-refractivity contribution is 5.88. The van der Waals surface area contributed by atoms with Crippen LogP contribution < -0.4 is 16.0 Å². The van der Waals surface area contributed by atoms with Gasteiger partial charge in [-0.3, -0.25) is 14.4 Å². The molecular formula is C40H68N6O7. The van der Waals surface area contributed by atoms with Gasteiger partial charge in [-0.25, -0.2) is 4.79 Å². The summed E-state index contributed by atoms with van der Waals surface area (Å²) in [6.07, 6.45) is 1.54. The molecule has 1 aromatic carbocycles. The summed E-state index contributed by atoms with van der Waals surface area (Å²) < 4.78 is 12.0. The van der Waals surface area contributed by atoms with Crippen LogP contribution in [0.15, 0.2) is 30.3 Å². The molecule has 0 radical (unpaired) electrons. The van der Waals surface area contributed by atoms with Crippen LogP contribution in [0.4, 0.5) is 4.79 Å². The number of hydrogen-bond donors (Lipinski definition) is 4. The van der Waals surface area contributed by atoms with Crippen LogP contribution in [0.25, 0.3) is 0 Å². The Labute approximate surface area is 317 Å². The Kier molecular flexibility index (Phi) is 17.5. The Balaban J connectivity index is 1.75. The molecule has 53 heavy (non-hydrogen) atoms. The minimum absolute atomic E-state index is 0.0152. The second-order valence-corrected chi connectivity index (χ2v) is 15.6. The molecule has 0 aromatic heterocycles. The summed E-state index contributed by atoms with van der Waals surface area (Å²) in [5.74, 6) is -1.38. The molecule has 1 aromatic rings. The number of aliphatic hydroxyl groups is 1.